The average molecular weight is 469 g/mol. The van der Waals surface area contributed by atoms with Gasteiger partial charge in [0.2, 0.25) is 0 Å². The molecule has 0 heterocycles. The van der Waals surface area contributed by atoms with Crippen molar-refractivity contribution < 1.29 is 0 Å². The van der Waals surface area contributed by atoms with E-state index in [4.69, 9.17) is 11.6 Å². The van der Waals surface area contributed by atoms with Crippen LogP contribution in [0.2, 0.25) is 5.02 Å². The van der Waals surface area contributed by atoms with E-state index >= 15 is 0 Å². The molecular weight excluding hydrogens is 444 g/mol. The third-order valence-corrected chi connectivity index (χ3v) is 8.43. The molecule has 0 saturated heterocycles. The van der Waals surface area contributed by atoms with Crippen LogP contribution >= 0.6 is 11.6 Å². The Kier molecular flexibility index (Phi) is 4.26. The fourth-order valence-electron chi connectivity index (χ4n) is 6.76. The molecule has 7 rings (SSSR count). The van der Waals surface area contributed by atoms with Crippen LogP contribution in [0.1, 0.15) is 47.2 Å². The Morgan fingerprint density at radius 3 is 1.60 bits per heavy atom. The third-order valence-electron chi connectivity index (χ3n) is 8.21. The van der Waals surface area contributed by atoms with E-state index < -0.39 is 5.41 Å². The minimum Gasteiger partial charge on any atom is -0.0843 e. The molecule has 35 heavy (non-hydrogen) atoms. The van der Waals surface area contributed by atoms with Crippen LogP contribution in [0.3, 0.4) is 0 Å². The molecule has 0 aromatic heterocycles. The van der Waals surface area contributed by atoms with Crippen molar-refractivity contribution in [2.24, 2.45) is 0 Å². The molecule has 0 aliphatic heterocycles. The summed E-state index contributed by atoms with van der Waals surface area (Å²) in [5.74, 6) is 0. The van der Waals surface area contributed by atoms with Gasteiger partial charge in [-0.2, -0.15) is 0 Å². The average Bonchev–Trinajstić information content (AvgIpc) is 3.32. The standard InChI is InChI=1S/C34H25Cl/c1-33(2)27-17-9-8-16-26(27)32-30(33)20-23(35)21-31(32)34(22-12-4-3-5-13-22)28-18-10-6-14-24(28)25-15-7-11-19-29(25)34/h3-21H,1-2H3. The Hall–Kier alpha value is -3.61. The Labute approximate surface area is 211 Å². The number of hydrogen-bond donors (Lipinski definition) is 0. The molecule has 0 amide bonds. The zero-order valence-electron chi connectivity index (χ0n) is 19.8. The molecule has 0 saturated carbocycles. The molecule has 0 bridgehead atoms. The van der Waals surface area contributed by atoms with Crippen LogP contribution in [0.4, 0.5) is 0 Å². The highest BCUT2D eigenvalue weighted by Gasteiger charge is 2.49. The van der Waals surface area contributed by atoms with Gasteiger partial charge in [-0.15, -0.1) is 0 Å². The zero-order valence-corrected chi connectivity index (χ0v) is 20.6. The molecule has 0 atom stereocenters. The van der Waals surface area contributed by atoms with Gasteiger partial charge in [0.15, 0.2) is 0 Å². The molecule has 2 aliphatic rings. The van der Waals surface area contributed by atoms with E-state index in [1.165, 1.54) is 55.6 Å². The van der Waals surface area contributed by atoms with Gasteiger partial charge in [0.05, 0.1) is 5.41 Å². The van der Waals surface area contributed by atoms with Crippen molar-refractivity contribution in [3.63, 3.8) is 0 Å². The summed E-state index contributed by atoms with van der Waals surface area (Å²) < 4.78 is 0. The van der Waals surface area contributed by atoms with Crippen molar-refractivity contribution in [3.8, 4) is 22.3 Å². The van der Waals surface area contributed by atoms with Crippen LogP contribution < -0.4 is 0 Å². The number of rotatable bonds is 2. The lowest BCUT2D eigenvalue weighted by atomic mass is 9.65. The zero-order chi connectivity index (χ0) is 23.8. The molecule has 2 aliphatic carbocycles. The summed E-state index contributed by atoms with van der Waals surface area (Å²) in [5.41, 5.74) is 12.5. The van der Waals surface area contributed by atoms with Crippen molar-refractivity contribution in [2.75, 3.05) is 0 Å². The maximum atomic E-state index is 6.98. The van der Waals surface area contributed by atoms with Gasteiger partial charge in [0.25, 0.3) is 0 Å². The minimum atomic E-state index is -0.461. The minimum absolute atomic E-state index is 0.124. The number of fused-ring (bicyclic) bond motifs is 6. The molecular formula is C34H25Cl. The Bertz CT molecular complexity index is 1580. The van der Waals surface area contributed by atoms with Crippen molar-refractivity contribution in [3.05, 3.63) is 154 Å². The van der Waals surface area contributed by atoms with E-state index in [2.05, 4.69) is 129 Å². The van der Waals surface area contributed by atoms with E-state index in [-0.39, 0.29) is 5.41 Å². The summed E-state index contributed by atoms with van der Waals surface area (Å²) in [6, 6.07) is 42.0. The summed E-state index contributed by atoms with van der Waals surface area (Å²) in [7, 11) is 0. The fourth-order valence-corrected chi connectivity index (χ4v) is 6.98. The Balaban J connectivity index is 1.72. The van der Waals surface area contributed by atoms with Gasteiger partial charge < -0.3 is 0 Å². The van der Waals surface area contributed by atoms with E-state index in [9.17, 15) is 0 Å². The molecule has 0 unspecified atom stereocenters. The number of hydrogen-bond acceptors (Lipinski definition) is 0. The monoisotopic (exact) mass is 468 g/mol. The highest BCUT2D eigenvalue weighted by atomic mass is 35.5. The number of benzene rings is 5. The second kappa shape index (κ2) is 7.20. The first kappa shape index (κ1) is 20.7. The van der Waals surface area contributed by atoms with Crippen molar-refractivity contribution >= 4 is 11.6 Å². The molecule has 168 valence electrons. The quantitative estimate of drug-likeness (QED) is 0.238. The van der Waals surface area contributed by atoms with Crippen molar-refractivity contribution in [1.82, 2.24) is 0 Å². The Morgan fingerprint density at radius 1 is 0.486 bits per heavy atom. The van der Waals surface area contributed by atoms with Gasteiger partial charge in [-0.1, -0.05) is 129 Å². The van der Waals surface area contributed by atoms with E-state index in [0.717, 1.165) is 5.02 Å². The second-order valence-corrected chi connectivity index (χ2v) is 10.7. The van der Waals surface area contributed by atoms with Crippen LogP contribution in [-0.4, -0.2) is 0 Å². The van der Waals surface area contributed by atoms with Gasteiger partial charge in [0, 0.05) is 10.4 Å². The molecule has 5 aromatic carbocycles. The fraction of sp³-hybridized carbons (Fsp3) is 0.118. The third kappa shape index (κ3) is 2.58. The SMILES string of the molecule is CC1(C)c2ccccc2-c2c1cc(Cl)cc2C1(c2ccccc2)c2ccccc2-c2ccccc21. The molecule has 1 heteroatoms. The smallest absolute Gasteiger partial charge is 0.0720 e. The molecule has 0 fully saturated rings. The predicted molar refractivity (Wildman–Crippen MR) is 146 cm³/mol. The Morgan fingerprint density at radius 2 is 0.971 bits per heavy atom. The van der Waals surface area contributed by atoms with Crippen molar-refractivity contribution in [2.45, 2.75) is 24.7 Å². The first-order valence-electron chi connectivity index (χ1n) is 12.2. The van der Waals surface area contributed by atoms with Crippen LogP contribution in [-0.2, 0) is 10.8 Å². The van der Waals surface area contributed by atoms with Gasteiger partial charge in [-0.25, -0.2) is 0 Å². The lowest BCUT2D eigenvalue weighted by Crippen LogP contribution is -2.29. The topological polar surface area (TPSA) is 0 Å². The second-order valence-electron chi connectivity index (χ2n) is 10.3. The largest absolute Gasteiger partial charge is 0.0843 e. The predicted octanol–water partition coefficient (Wildman–Crippen LogP) is 9.01. The first-order chi connectivity index (χ1) is 17.0. The molecule has 5 aromatic rings. The van der Waals surface area contributed by atoms with E-state index in [1.54, 1.807) is 0 Å². The van der Waals surface area contributed by atoms with Gasteiger partial charge >= 0.3 is 0 Å². The van der Waals surface area contributed by atoms with Gasteiger partial charge in [0.1, 0.15) is 0 Å². The summed E-state index contributed by atoms with van der Waals surface area (Å²) >= 11 is 6.98. The van der Waals surface area contributed by atoms with Gasteiger partial charge in [-0.3, -0.25) is 0 Å². The van der Waals surface area contributed by atoms with Crippen molar-refractivity contribution in [1.29, 1.82) is 0 Å². The summed E-state index contributed by atoms with van der Waals surface area (Å²) in [4.78, 5) is 0. The van der Waals surface area contributed by atoms with Crippen LogP contribution in [0.15, 0.2) is 115 Å². The van der Waals surface area contributed by atoms with E-state index in [0.29, 0.717) is 0 Å². The molecule has 0 N–H and O–H groups in total. The summed E-state index contributed by atoms with van der Waals surface area (Å²) in [6.45, 7) is 4.65. The van der Waals surface area contributed by atoms with Crippen LogP contribution in [0.25, 0.3) is 22.3 Å². The van der Waals surface area contributed by atoms with E-state index in [1.807, 2.05) is 0 Å². The maximum absolute atomic E-state index is 6.98. The summed E-state index contributed by atoms with van der Waals surface area (Å²) in [6.07, 6.45) is 0. The lowest BCUT2D eigenvalue weighted by Gasteiger charge is -2.36. The number of halogens is 1. The molecule has 0 spiro atoms. The highest BCUT2D eigenvalue weighted by molar-refractivity contribution is 6.31. The highest BCUT2D eigenvalue weighted by Crippen LogP contribution is 2.61. The van der Waals surface area contributed by atoms with Crippen LogP contribution in [0.5, 0.6) is 0 Å². The first-order valence-corrected chi connectivity index (χ1v) is 12.6. The van der Waals surface area contributed by atoms with Crippen LogP contribution in [0, 0.1) is 0 Å². The maximum Gasteiger partial charge on any atom is 0.0720 e. The normalized spacial score (nSPS) is 15.7. The lowest BCUT2D eigenvalue weighted by molar-refractivity contribution is 0.658. The molecule has 0 nitrogen and oxygen atoms in total. The molecule has 0 radical (unpaired) electrons. The van der Waals surface area contributed by atoms with Gasteiger partial charge in [-0.05, 0) is 67.8 Å². The summed E-state index contributed by atoms with van der Waals surface area (Å²) in [5, 5.41) is 0.789.